The number of nitrogens with zero attached hydrogens (tertiary/aromatic N) is 2. The van der Waals surface area contributed by atoms with Crippen LogP contribution in [0, 0.1) is 0 Å². The summed E-state index contributed by atoms with van der Waals surface area (Å²) in [7, 11) is -3.87. The van der Waals surface area contributed by atoms with E-state index in [-0.39, 0.29) is 23.9 Å². The minimum absolute atomic E-state index is 0.117. The summed E-state index contributed by atoms with van der Waals surface area (Å²) in [6, 6.07) is 21.6. The van der Waals surface area contributed by atoms with Crippen LogP contribution in [0.1, 0.15) is 11.1 Å². The number of halogens is 2. The molecule has 8 heteroatoms. The number of benzene rings is 3. The van der Waals surface area contributed by atoms with Crippen LogP contribution in [-0.4, -0.2) is 31.7 Å². The Balaban J connectivity index is 1.64. The first-order valence-electron chi connectivity index (χ1n) is 9.73. The second-order valence-corrected chi connectivity index (χ2v) is 11.1. The van der Waals surface area contributed by atoms with E-state index in [1.165, 1.54) is 4.31 Å². The van der Waals surface area contributed by atoms with Gasteiger partial charge in [0.25, 0.3) is 0 Å². The minimum atomic E-state index is -3.87. The van der Waals surface area contributed by atoms with Gasteiger partial charge >= 0.3 is 0 Å². The van der Waals surface area contributed by atoms with Crippen LogP contribution in [-0.2, 0) is 27.8 Å². The van der Waals surface area contributed by atoms with Gasteiger partial charge in [-0.1, -0.05) is 62.2 Å². The van der Waals surface area contributed by atoms with E-state index in [2.05, 4.69) is 31.9 Å². The van der Waals surface area contributed by atoms with E-state index in [1.807, 2.05) is 48.5 Å². The minimum Gasteiger partial charge on any atom is -0.311 e. The summed E-state index contributed by atoms with van der Waals surface area (Å²) in [4.78, 5) is 15.1. The molecular weight excluding hydrogens is 544 g/mol. The van der Waals surface area contributed by atoms with Crippen molar-refractivity contribution in [1.82, 2.24) is 4.31 Å². The van der Waals surface area contributed by atoms with E-state index in [0.717, 1.165) is 32.2 Å². The highest BCUT2D eigenvalue weighted by molar-refractivity contribution is 9.10. The van der Waals surface area contributed by atoms with Gasteiger partial charge in [-0.15, -0.1) is 0 Å². The highest BCUT2D eigenvalue weighted by Gasteiger charge is 2.31. The van der Waals surface area contributed by atoms with Crippen molar-refractivity contribution in [2.45, 2.75) is 17.9 Å². The van der Waals surface area contributed by atoms with E-state index in [4.69, 9.17) is 0 Å². The Morgan fingerprint density at radius 3 is 2.32 bits per heavy atom. The molecule has 0 N–H and O–H groups in total. The topological polar surface area (TPSA) is 57.7 Å². The van der Waals surface area contributed by atoms with Crippen LogP contribution in [0.4, 0.5) is 5.69 Å². The molecule has 0 aliphatic carbocycles. The number of rotatable bonds is 6. The van der Waals surface area contributed by atoms with Gasteiger partial charge in [0, 0.05) is 27.7 Å². The molecule has 0 fully saturated rings. The lowest BCUT2D eigenvalue weighted by molar-refractivity contribution is -0.118. The zero-order valence-electron chi connectivity index (χ0n) is 16.5. The molecule has 1 amide bonds. The van der Waals surface area contributed by atoms with Gasteiger partial charge in [-0.3, -0.25) is 4.79 Å². The highest BCUT2D eigenvalue weighted by atomic mass is 79.9. The zero-order chi connectivity index (χ0) is 22.0. The Labute approximate surface area is 199 Å². The molecule has 3 aromatic rings. The van der Waals surface area contributed by atoms with Crippen molar-refractivity contribution in [3.8, 4) is 0 Å². The fourth-order valence-electron chi connectivity index (χ4n) is 3.63. The molecule has 5 nitrogen and oxygen atoms in total. The molecule has 4 rings (SSSR count). The zero-order valence-corrected chi connectivity index (χ0v) is 20.5. The summed E-state index contributed by atoms with van der Waals surface area (Å²) in [6.07, 6.45) is 0.749. The van der Waals surface area contributed by atoms with Gasteiger partial charge in [-0.2, -0.15) is 4.31 Å². The van der Waals surface area contributed by atoms with E-state index in [9.17, 15) is 13.2 Å². The number of carbonyl (C=O) groups excluding carboxylic acids is 1. The van der Waals surface area contributed by atoms with E-state index in [0.29, 0.717) is 6.54 Å². The van der Waals surface area contributed by atoms with Crippen molar-refractivity contribution in [2.75, 3.05) is 18.0 Å². The third kappa shape index (κ3) is 4.92. The number of hydrogen-bond acceptors (Lipinski definition) is 3. The first kappa shape index (κ1) is 22.2. The molecule has 0 radical (unpaired) electrons. The molecule has 0 bridgehead atoms. The summed E-state index contributed by atoms with van der Waals surface area (Å²) in [5, 5.41) is 0. The lowest BCUT2D eigenvalue weighted by atomic mass is 10.2. The first-order valence-corrected chi connectivity index (χ1v) is 12.8. The Morgan fingerprint density at radius 2 is 1.61 bits per heavy atom. The molecular formula is C23H20Br2N2O3S. The van der Waals surface area contributed by atoms with Crippen LogP contribution in [0.3, 0.4) is 0 Å². The van der Waals surface area contributed by atoms with Crippen LogP contribution >= 0.6 is 31.9 Å². The third-order valence-corrected chi connectivity index (χ3v) is 8.03. The molecule has 0 spiro atoms. The molecule has 0 unspecified atom stereocenters. The monoisotopic (exact) mass is 562 g/mol. The number of amides is 1. The lowest BCUT2D eigenvalue weighted by Crippen LogP contribution is -2.42. The normalized spacial score (nSPS) is 13.5. The third-order valence-electron chi connectivity index (χ3n) is 5.20. The van der Waals surface area contributed by atoms with Crippen molar-refractivity contribution in [1.29, 1.82) is 0 Å². The average molecular weight is 564 g/mol. The second-order valence-electron chi connectivity index (χ2n) is 7.28. The van der Waals surface area contributed by atoms with Gasteiger partial charge in [0.15, 0.2) is 0 Å². The fourth-order valence-corrected chi connectivity index (χ4v) is 5.68. The van der Waals surface area contributed by atoms with Gasteiger partial charge in [-0.05, 0) is 60.0 Å². The maximum atomic E-state index is 13.4. The van der Waals surface area contributed by atoms with Crippen molar-refractivity contribution in [3.05, 3.63) is 92.9 Å². The van der Waals surface area contributed by atoms with Gasteiger partial charge in [0.2, 0.25) is 15.9 Å². The summed E-state index contributed by atoms with van der Waals surface area (Å²) in [5.74, 6) is -0.238. The maximum absolute atomic E-state index is 13.4. The Kier molecular flexibility index (Phi) is 6.62. The molecule has 0 saturated heterocycles. The van der Waals surface area contributed by atoms with Crippen LogP contribution in [0.2, 0.25) is 0 Å². The largest absolute Gasteiger partial charge is 0.311 e. The van der Waals surface area contributed by atoms with Crippen molar-refractivity contribution in [2.24, 2.45) is 0 Å². The number of anilines is 1. The summed E-state index contributed by atoms with van der Waals surface area (Å²) in [5.41, 5.74) is 2.74. The van der Waals surface area contributed by atoms with Crippen LogP contribution in [0.25, 0.3) is 0 Å². The second kappa shape index (κ2) is 9.24. The lowest BCUT2D eigenvalue weighted by Gasteiger charge is -2.25. The van der Waals surface area contributed by atoms with Crippen molar-refractivity contribution < 1.29 is 13.2 Å². The predicted molar refractivity (Wildman–Crippen MR) is 128 cm³/mol. The predicted octanol–water partition coefficient (Wildman–Crippen LogP) is 4.99. The van der Waals surface area contributed by atoms with Crippen LogP contribution < -0.4 is 4.90 Å². The molecule has 0 aromatic heterocycles. The summed E-state index contributed by atoms with van der Waals surface area (Å²) < 4.78 is 29.9. The van der Waals surface area contributed by atoms with Crippen molar-refractivity contribution >= 4 is 53.5 Å². The molecule has 1 aliphatic rings. The average Bonchev–Trinajstić information content (AvgIpc) is 3.17. The Bertz CT molecular complexity index is 1200. The number of sulfonamides is 1. The molecule has 1 aliphatic heterocycles. The number of hydrogen-bond donors (Lipinski definition) is 0. The maximum Gasteiger partial charge on any atom is 0.243 e. The summed E-state index contributed by atoms with van der Waals surface area (Å²) >= 11 is 6.80. The first-order chi connectivity index (χ1) is 14.8. The molecule has 1 heterocycles. The molecule has 0 saturated carbocycles. The van der Waals surface area contributed by atoms with Crippen LogP contribution in [0.15, 0.2) is 86.6 Å². The van der Waals surface area contributed by atoms with Gasteiger partial charge in [0.1, 0.15) is 0 Å². The van der Waals surface area contributed by atoms with E-state index >= 15 is 0 Å². The van der Waals surface area contributed by atoms with Crippen LogP contribution in [0.5, 0.6) is 0 Å². The van der Waals surface area contributed by atoms with E-state index < -0.39 is 10.0 Å². The fraction of sp³-hybridized carbons (Fsp3) is 0.174. The molecule has 31 heavy (non-hydrogen) atoms. The van der Waals surface area contributed by atoms with Gasteiger partial charge in [0.05, 0.1) is 11.4 Å². The van der Waals surface area contributed by atoms with Gasteiger partial charge < -0.3 is 4.90 Å². The standard InChI is InChI=1S/C23H20Br2N2O3S/c24-19-6-9-21(10-7-19)31(29,30)26(15-17-4-2-1-3-5-17)16-23(28)27-13-12-18-14-20(25)8-11-22(18)27/h1-11,14H,12-13,15-16H2. The molecule has 0 atom stereocenters. The molecule has 160 valence electrons. The Morgan fingerprint density at radius 1 is 0.935 bits per heavy atom. The smallest absolute Gasteiger partial charge is 0.243 e. The van der Waals surface area contributed by atoms with E-state index in [1.54, 1.807) is 29.2 Å². The highest BCUT2D eigenvalue weighted by Crippen LogP contribution is 2.31. The molecule has 3 aromatic carbocycles. The summed E-state index contributed by atoms with van der Waals surface area (Å²) in [6.45, 7) is 0.428. The number of fused-ring (bicyclic) bond motifs is 1. The van der Waals surface area contributed by atoms with Crippen molar-refractivity contribution in [3.63, 3.8) is 0 Å². The number of carbonyl (C=O) groups is 1. The quantitative estimate of drug-likeness (QED) is 0.424. The van der Waals surface area contributed by atoms with Gasteiger partial charge in [-0.25, -0.2) is 8.42 Å². The Hall–Kier alpha value is -2.00. The SMILES string of the molecule is O=C(CN(Cc1ccccc1)S(=O)(=O)c1ccc(Br)cc1)N1CCc2cc(Br)ccc21.